The van der Waals surface area contributed by atoms with Crippen LogP contribution in [0.4, 0.5) is 0 Å². The highest BCUT2D eigenvalue weighted by atomic mass is 16.1. The van der Waals surface area contributed by atoms with Gasteiger partial charge in [0.1, 0.15) is 0 Å². The molecule has 0 saturated heterocycles. The molecule has 0 radical (unpaired) electrons. The van der Waals surface area contributed by atoms with Crippen molar-refractivity contribution in [2.24, 2.45) is 0 Å². The van der Waals surface area contributed by atoms with Gasteiger partial charge in [-0.05, 0) is 26.7 Å². The highest BCUT2D eigenvalue weighted by Crippen LogP contribution is 2.13. The van der Waals surface area contributed by atoms with Crippen molar-refractivity contribution in [3.8, 4) is 0 Å². The fourth-order valence-electron chi connectivity index (χ4n) is 1.90. The summed E-state index contributed by atoms with van der Waals surface area (Å²) in [5.74, 6) is 0. The van der Waals surface area contributed by atoms with E-state index in [0.29, 0.717) is 6.04 Å². The van der Waals surface area contributed by atoms with Crippen LogP contribution in [-0.2, 0) is 12.8 Å². The van der Waals surface area contributed by atoms with Gasteiger partial charge in [-0.1, -0.05) is 13.8 Å². The first-order valence-electron chi connectivity index (χ1n) is 5.34. The smallest absolute Gasteiger partial charge is 0.182 e. The Hall–Kier alpha value is -1.05. The highest BCUT2D eigenvalue weighted by molar-refractivity contribution is 5.15. The Bertz CT molecular complexity index is 335. The Kier molecular flexibility index (Phi) is 3.50. The van der Waals surface area contributed by atoms with Gasteiger partial charge in [0, 0.05) is 29.6 Å². The molecule has 0 aromatic carbocycles. The monoisotopic (exact) mass is 193 g/mol. The van der Waals surface area contributed by atoms with E-state index >= 15 is 0 Å². The molecule has 78 valence electrons. The first-order valence-corrected chi connectivity index (χ1v) is 5.34. The quantitative estimate of drug-likeness (QED) is 0.723. The molecule has 0 fully saturated rings. The lowest BCUT2D eigenvalue weighted by molar-refractivity contribution is 0.545. The van der Waals surface area contributed by atoms with Crippen molar-refractivity contribution in [2.75, 3.05) is 0 Å². The molecule has 0 aliphatic heterocycles. The summed E-state index contributed by atoms with van der Waals surface area (Å²) in [7, 11) is 0. The van der Waals surface area contributed by atoms with E-state index < -0.39 is 0 Å². The van der Waals surface area contributed by atoms with Crippen LogP contribution in [0.25, 0.3) is 0 Å². The molecule has 0 atom stereocenters. The summed E-state index contributed by atoms with van der Waals surface area (Å²) in [6.07, 6.45) is 1.84. The second kappa shape index (κ2) is 4.45. The number of nitrogens with zero attached hydrogens (tertiary/aromatic N) is 1. The Labute approximate surface area is 85.6 Å². The Balaban J connectivity index is 3.40. The third-order valence-corrected chi connectivity index (χ3v) is 2.48. The average molecular weight is 193 g/mol. The molecule has 0 aliphatic carbocycles. The third-order valence-electron chi connectivity index (χ3n) is 2.48. The zero-order chi connectivity index (χ0) is 10.7. The van der Waals surface area contributed by atoms with E-state index in [9.17, 15) is 4.79 Å². The van der Waals surface area contributed by atoms with Gasteiger partial charge in [-0.2, -0.15) is 0 Å². The van der Waals surface area contributed by atoms with E-state index in [0.717, 1.165) is 24.2 Å². The van der Waals surface area contributed by atoms with E-state index in [4.69, 9.17) is 0 Å². The van der Waals surface area contributed by atoms with E-state index in [1.165, 1.54) is 0 Å². The van der Waals surface area contributed by atoms with Crippen LogP contribution >= 0.6 is 0 Å². The first kappa shape index (κ1) is 11.0. The van der Waals surface area contributed by atoms with Crippen LogP contribution in [0.2, 0.25) is 0 Å². The molecule has 0 amide bonds. The zero-order valence-electron chi connectivity index (χ0n) is 9.50. The van der Waals surface area contributed by atoms with Crippen LogP contribution < -0.4 is 5.43 Å². The molecule has 0 unspecified atom stereocenters. The van der Waals surface area contributed by atoms with E-state index in [-0.39, 0.29) is 5.43 Å². The first-order chi connectivity index (χ1) is 6.60. The van der Waals surface area contributed by atoms with Crippen LogP contribution in [-0.4, -0.2) is 4.57 Å². The largest absolute Gasteiger partial charge is 0.346 e. The van der Waals surface area contributed by atoms with Crippen molar-refractivity contribution in [3.63, 3.8) is 0 Å². The molecule has 1 aromatic rings. The molecule has 0 saturated carbocycles. The molecule has 14 heavy (non-hydrogen) atoms. The summed E-state index contributed by atoms with van der Waals surface area (Å²) in [6.45, 7) is 8.49. The lowest BCUT2D eigenvalue weighted by atomic mass is 10.1. The minimum absolute atomic E-state index is 0.135. The number of rotatable bonds is 3. The van der Waals surface area contributed by atoms with Crippen molar-refractivity contribution in [1.82, 2.24) is 4.57 Å². The van der Waals surface area contributed by atoms with E-state index in [1.54, 1.807) is 12.1 Å². The molecule has 1 heterocycles. The standard InChI is InChI=1S/C12H19NO/c1-5-10-7-12(14)8-11(6-2)13(10)9(3)4/h7-9H,5-6H2,1-4H3. The van der Waals surface area contributed by atoms with Crippen molar-refractivity contribution >= 4 is 0 Å². The van der Waals surface area contributed by atoms with Gasteiger partial charge < -0.3 is 4.57 Å². The number of hydrogen-bond acceptors (Lipinski definition) is 1. The fraction of sp³-hybridized carbons (Fsp3) is 0.583. The number of aryl methyl sites for hydroxylation is 2. The topological polar surface area (TPSA) is 22.0 Å². The number of aromatic nitrogens is 1. The maximum absolute atomic E-state index is 11.4. The number of hydrogen-bond donors (Lipinski definition) is 0. The van der Waals surface area contributed by atoms with Crippen LogP contribution in [0.3, 0.4) is 0 Å². The minimum Gasteiger partial charge on any atom is -0.346 e. The molecule has 0 N–H and O–H groups in total. The third kappa shape index (κ3) is 2.06. The molecule has 1 aromatic heterocycles. The molecule has 0 spiro atoms. The second-order valence-corrected chi connectivity index (χ2v) is 3.84. The normalized spacial score (nSPS) is 10.9. The van der Waals surface area contributed by atoms with Crippen molar-refractivity contribution < 1.29 is 0 Å². The lowest BCUT2D eigenvalue weighted by Crippen LogP contribution is -2.18. The molecule has 2 nitrogen and oxygen atoms in total. The Morgan fingerprint density at radius 3 is 1.86 bits per heavy atom. The summed E-state index contributed by atoms with van der Waals surface area (Å²) < 4.78 is 2.27. The van der Waals surface area contributed by atoms with Crippen molar-refractivity contribution in [2.45, 2.75) is 46.6 Å². The average Bonchev–Trinajstić information content (AvgIpc) is 2.15. The number of pyridine rings is 1. The molecular weight excluding hydrogens is 174 g/mol. The van der Waals surface area contributed by atoms with Crippen molar-refractivity contribution in [1.29, 1.82) is 0 Å². The zero-order valence-corrected chi connectivity index (χ0v) is 9.50. The van der Waals surface area contributed by atoms with E-state index in [2.05, 4.69) is 32.3 Å². The summed E-state index contributed by atoms with van der Waals surface area (Å²) in [4.78, 5) is 11.4. The summed E-state index contributed by atoms with van der Waals surface area (Å²) >= 11 is 0. The highest BCUT2D eigenvalue weighted by Gasteiger charge is 2.07. The van der Waals surface area contributed by atoms with Crippen LogP contribution in [0.5, 0.6) is 0 Å². The SMILES string of the molecule is CCc1cc(=O)cc(CC)n1C(C)C. The molecule has 0 aliphatic rings. The van der Waals surface area contributed by atoms with Crippen LogP contribution in [0.15, 0.2) is 16.9 Å². The molecule has 2 heteroatoms. The van der Waals surface area contributed by atoms with Crippen LogP contribution in [0.1, 0.15) is 45.1 Å². The summed E-state index contributed by atoms with van der Waals surface area (Å²) in [6, 6.07) is 3.93. The van der Waals surface area contributed by atoms with Crippen LogP contribution in [0, 0.1) is 0 Å². The van der Waals surface area contributed by atoms with Gasteiger partial charge in [-0.3, -0.25) is 4.79 Å². The lowest BCUT2D eigenvalue weighted by Gasteiger charge is -2.20. The minimum atomic E-state index is 0.135. The maximum atomic E-state index is 11.4. The van der Waals surface area contributed by atoms with Gasteiger partial charge in [0.25, 0.3) is 0 Å². The van der Waals surface area contributed by atoms with Gasteiger partial charge in [0.2, 0.25) is 0 Å². The van der Waals surface area contributed by atoms with E-state index in [1.807, 2.05) is 0 Å². The molecule has 0 bridgehead atoms. The Morgan fingerprint density at radius 1 is 1.14 bits per heavy atom. The predicted octanol–water partition coefficient (Wildman–Crippen LogP) is 2.55. The van der Waals surface area contributed by atoms with Gasteiger partial charge in [-0.25, -0.2) is 0 Å². The van der Waals surface area contributed by atoms with Gasteiger partial charge in [0.15, 0.2) is 5.43 Å². The van der Waals surface area contributed by atoms with Crippen molar-refractivity contribution in [3.05, 3.63) is 33.7 Å². The Morgan fingerprint density at radius 2 is 1.57 bits per heavy atom. The predicted molar refractivity (Wildman–Crippen MR) is 59.8 cm³/mol. The summed E-state index contributed by atoms with van der Waals surface area (Å²) in [5.41, 5.74) is 2.42. The molecular formula is C12H19NO. The summed E-state index contributed by atoms with van der Waals surface area (Å²) in [5, 5.41) is 0. The fourth-order valence-corrected chi connectivity index (χ4v) is 1.90. The maximum Gasteiger partial charge on any atom is 0.182 e. The van der Waals surface area contributed by atoms with Gasteiger partial charge >= 0.3 is 0 Å². The molecule has 1 rings (SSSR count). The van der Waals surface area contributed by atoms with Gasteiger partial charge in [-0.15, -0.1) is 0 Å². The van der Waals surface area contributed by atoms with Gasteiger partial charge in [0.05, 0.1) is 0 Å². The second-order valence-electron chi connectivity index (χ2n) is 3.84.